The summed E-state index contributed by atoms with van der Waals surface area (Å²) in [4.78, 5) is 12.0. The molecular formula is C34H43FO3. The number of halogens is 1. The molecule has 0 bridgehead atoms. The number of rotatable bonds is 17. The van der Waals surface area contributed by atoms with Crippen LogP contribution in [0.1, 0.15) is 94.0 Å². The maximum Gasteiger partial charge on any atom is 0.335 e. The molecule has 0 spiro atoms. The third-order valence-corrected chi connectivity index (χ3v) is 7.02. The number of benzene rings is 3. The molecule has 0 heterocycles. The molecule has 0 saturated heterocycles. The smallest absolute Gasteiger partial charge is 0.335 e. The summed E-state index contributed by atoms with van der Waals surface area (Å²) < 4.78 is 20.2. The fourth-order valence-corrected chi connectivity index (χ4v) is 5.03. The van der Waals surface area contributed by atoms with E-state index in [0.717, 1.165) is 34.4 Å². The summed E-state index contributed by atoms with van der Waals surface area (Å²) in [6.45, 7) is 4.43. The summed E-state index contributed by atoms with van der Waals surface area (Å²) in [5, 5.41) is 9.81. The summed E-state index contributed by atoms with van der Waals surface area (Å²) in [6.07, 6.45) is 11.8. The van der Waals surface area contributed by atoms with Crippen molar-refractivity contribution in [3.05, 3.63) is 77.9 Å². The van der Waals surface area contributed by atoms with Crippen molar-refractivity contribution in [1.82, 2.24) is 0 Å². The summed E-state index contributed by atoms with van der Waals surface area (Å²) >= 11 is 0. The summed E-state index contributed by atoms with van der Waals surface area (Å²) in [5.41, 5.74) is 4.15. The molecule has 0 unspecified atom stereocenters. The van der Waals surface area contributed by atoms with Crippen LogP contribution in [-0.2, 0) is 6.42 Å². The first-order chi connectivity index (χ1) is 18.5. The number of unbranched alkanes of at least 4 members (excludes halogenated alkanes) is 9. The van der Waals surface area contributed by atoms with Gasteiger partial charge in [0.1, 0.15) is 11.9 Å². The van der Waals surface area contributed by atoms with Crippen LogP contribution in [0, 0.1) is 0 Å². The number of carbonyl (C=O) groups is 1. The molecule has 0 aromatic heterocycles. The molecule has 3 aromatic carbocycles. The van der Waals surface area contributed by atoms with Crippen LogP contribution in [0.25, 0.3) is 22.3 Å². The van der Waals surface area contributed by atoms with E-state index < -0.39 is 12.1 Å². The second-order valence-corrected chi connectivity index (χ2v) is 10.2. The zero-order valence-corrected chi connectivity index (χ0v) is 23.1. The maximum absolute atomic E-state index is 14.2. The van der Waals surface area contributed by atoms with Gasteiger partial charge in [0.2, 0.25) is 0 Å². The molecule has 0 amide bonds. The largest absolute Gasteiger partial charge is 0.494 e. The number of hydrogen-bond donors (Lipinski definition) is 1. The minimum Gasteiger partial charge on any atom is -0.494 e. The molecule has 4 heteroatoms. The van der Waals surface area contributed by atoms with E-state index in [1.807, 2.05) is 60.7 Å². The van der Waals surface area contributed by atoms with Gasteiger partial charge < -0.3 is 9.84 Å². The lowest BCUT2D eigenvalue weighted by Gasteiger charge is -2.19. The summed E-state index contributed by atoms with van der Waals surface area (Å²) in [7, 11) is 0. The quantitative estimate of drug-likeness (QED) is 0.181. The molecule has 3 nitrogen and oxygen atoms in total. The Bertz CT molecular complexity index is 1110. The number of carboxylic acid groups (broad SMARTS) is 1. The lowest BCUT2D eigenvalue weighted by atomic mass is 9.85. The number of hydrogen-bond acceptors (Lipinski definition) is 2. The van der Waals surface area contributed by atoms with E-state index in [9.17, 15) is 14.3 Å². The van der Waals surface area contributed by atoms with E-state index >= 15 is 0 Å². The minimum absolute atomic E-state index is 0.0414. The van der Waals surface area contributed by atoms with Crippen LogP contribution in [0.15, 0.2) is 66.7 Å². The highest BCUT2D eigenvalue weighted by Gasteiger charge is 2.21. The normalized spacial score (nSPS) is 11.9. The van der Waals surface area contributed by atoms with Gasteiger partial charge in [-0.2, -0.15) is 0 Å². The zero-order valence-electron chi connectivity index (χ0n) is 23.1. The van der Waals surface area contributed by atoms with Gasteiger partial charge in [0, 0.05) is 6.42 Å². The Labute approximate surface area is 228 Å². The highest BCUT2D eigenvalue weighted by atomic mass is 19.1. The highest BCUT2D eigenvalue weighted by molar-refractivity contribution is 5.96. The monoisotopic (exact) mass is 518 g/mol. The van der Waals surface area contributed by atoms with Gasteiger partial charge in [-0.15, -0.1) is 0 Å². The third kappa shape index (κ3) is 9.01. The van der Waals surface area contributed by atoms with Crippen molar-refractivity contribution in [1.29, 1.82) is 0 Å². The molecule has 0 aliphatic rings. The predicted molar refractivity (Wildman–Crippen MR) is 156 cm³/mol. The Morgan fingerprint density at radius 1 is 0.789 bits per heavy atom. The number of aromatic carboxylic acids is 1. The van der Waals surface area contributed by atoms with E-state index in [0.29, 0.717) is 12.2 Å². The van der Waals surface area contributed by atoms with Crippen LogP contribution < -0.4 is 4.74 Å². The van der Waals surface area contributed by atoms with Crippen molar-refractivity contribution < 1.29 is 19.0 Å². The second kappa shape index (κ2) is 16.0. The highest BCUT2D eigenvalue weighted by Crippen LogP contribution is 2.38. The van der Waals surface area contributed by atoms with E-state index in [1.165, 1.54) is 64.7 Å². The number of alkyl halides is 1. The molecule has 204 valence electrons. The van der Waals surface area contributed by atoms with Gasteiger partial charge >= 0.3 is 5.97 Å². The molecule has 0 aliphatic carbocycles. The molecule has 0 fully saturated rings. The molecular weight excluding hydrogens is 475 g/mol. The molecule has 0 aliphatic heterocycles. The lowest BCUT2D eigenvalue weighted by Crippen LogP contribution is -2.10. The number of ether oxygens (including phenoxy) is 1. The zero-order chi connectivity index (χ0) is 27.2. The Morgan fingerprint density at radius 3 is 1.97 bits per heavy atom. The first kappa shape index (κ1) is 29.4. The molecule has 0 saturated carbocycles. The Balaban J connectivity index is 1.64. The van der Waals surface area contributed by atoms with Crippen LogP contribution in [0.2, 0.25) is 0 Å². The Kier molecular flexibility index (Phi) is 12.4. The van der Waals surface area contributed by atoms with Crippen LogP contribution in [0.3, 0.4) is 0 Å². The van der Waals surface area contributed by atoms with Gasteiger partial charge in [0.15, 0.2) is 0 Å². The van der Waals surface area contributed by atoms with Gasteiger partial charge in [-0.1, -0.05) is 113 Å². The van der Waals surface area contributed by atoms with Crippen molar-refractivity contribution in [2.45, 2.75) is 90.6 Å². The Morgan fingerprint density at radius 2 is 1.39 bits per heavy atom. The van der Waals surface area contributed by atoms with Crippen LogP contribution in [-0.4, -0.2) is 23.9 Å². The van der Waals surface area contributed by atoms with E-state index in [4.69, 9.17) is 4.74 Å². The molecule has 1 atom stereocenters. The van der Waals surface area contributed by atoms with Gasteiger partial charge in [0.05, 0.1) is 12.2 Å². The summed E-state index contributed by atoms with van der Waals surface area (Å²) in [5.74, 6) is -0.217. The van der Waals surface area contributed by atoms with Crippen LogP contribution >= 0.6 is 0 Å². The fraction of sp³-hybridized carbons (Fsp3) is 0.441. The van der Waals surface area contributed by atoms with E-state index in [2.05, 4.69) is 6.92 Å². The molecule has 3 rings (SSSR count). The fourth-order valence-electron chi connectivity index (χ4n) is 5.03. The third-order valence-electron chi connectivity index (χ3n) is 7.02. The average molecular weight is 519 g/mol. The number of carboxylic acids is 1. The SMILES string of the molecule is CCCCCCCCCCCCOc1ccc(-c2ccc(C(=O)O)c(C[C@@H](C)F)c2-c2ccccc2)cc1. The van der Waals surface area contributed by atoms with Gasteiger partial charge in [-0.05, 0) is 59.4 Å². The topological polar surface area (TPSA) is 46.5 Å². The van der Waals surface area contributed by atoms with Gasteiger partial charge in [-0.3, -0.25) is 0 Å². The first-order valence-electron chi connectivity index (χ1n) is 14.3. The molecule has 3 aromatic rings. The van der Waals surface area contributed by atoms with Crippen molar-refractivity contribution in [3.8, 4) is 28.0 Å². The van der Waals surface area contributed by atoms with Gasteiger partial charge in [-0.25, -0.2) is 9.18 Å². The van der Waals surface area contributed by atoms with Crippen molar-refractivity contribution in [2.24, 2.45) is 0 Å². The average Bonchev–Trinajstić information content (AvgIpc) is 2.92. The van der Waals surface area contributed by atoms with Crippen molar-refractivity contribution >= 4 is 5.97 Å². The van der Waals surface area contributed by atoms with Crippen molar-refractivity contribution in [2.75, 3.05) is 6.61 Å². The first-order valence-corrected chi connectivity index (χ1v) is 14.3. The maximum atomic E-state index is 14.2. The molecule has 38 heavy (non-hydrogen) atoms. The standard InChI is InChI=1S/C34H43FO3/c1-3-4-5-6-7-8-9-10-11-15-24-38-29-20-18-27(19-21-29)30-22-23-31(34(36)37)32(25-26(2)35)33(30)28-16-13-12-14-17-28/h12-14,16-23,26H,3-11,15,24-25H2,1-2H3,(H,36,37)/t26-/m1/s1. The minimum atomic E-state index is -1.16. The second-order valence-electron chi connectivity index (χ2n) is 10.2. The van der Waals surface area contributed by atoms with Crippen LogP contribution in [0.5, 0.6) is 5.75 Å². The van der Waals surface area contributed by atoms with Gasteiger partial charge in [0.25, 0.3) is 0 Å². The predicted octanol–water partition coefficient (Wildman–Crippen LogP) is 9.92. The Hall–Kier alpha value is -3.14. The van der Waals surface area contributed by atoms with E-state index in [1.54, 1.807) is 6.07 Å². The van der Waals surface area contributed by atoms with Crippen LogP contribution in [0.4, 0.5) is 4.39 Å². The lowest BCUT2D eigenvalue weighted by molar-refractivity contribution is 0.0695. The van der Waals surface area contributed by atoms with E-state index in [-0.39, 0.29) is 12.0 Å². The summed E-state index contributed by atoms with van der Waals surface area (Å²) in [6, 6.07) is 21.0. The molecule has 1 N–H and O–H groups in total. The van der Waals surface area contributed by atoms with Crippen molar-refractivity contribution in [3.63, 3.8) is 0 Å². The molecule has 0 radical (unpaired) electrons.